The first-order chi connectivity index (χ1) is 8.81. The molecule has 0 aromatic carbocycles. The number of carbonyl (C=O) groups is 1. The molecule has 0 spiro atoms. The van der Waals surface area contributed by atoms with Gasteiger partial charge in [-0.25, -0.2) is 0 Å². The predicted octanol–water partition coefficient (Wildman–Crippen LogP) is 1.87. The van der Waals surface area contributed by atoms with E-state index in [2.05, 4.69) is 10.6 Å². The molecule has 0 aromatic heterocycles. The van der Waals surface area contributed by atoms with Crippen molar-refractivity contribution in [2.24, 2.45) is 5.92 Å². The number of hydrogen-bond donors (Lipinski definition) is 2. The summed E-state index contributed by atoms with van der Waals surface area (Å²) in [6.07, 6.45) is 7.13. The molecule has 4 nitrogen and oxygen atoms in total. The largest absolute Gasteiger partial charge is 0.382 e. The van der Waals surface area contributed by atoms with E-state index >= 15 is 0 Å². The van der Waals surface area contributed by atoms with Gasteiger partial charge in [-0.15, -0.1) is 12.4 Å². The van der Waals surface area contributed by atoms with E-state index in [4.69, 9.17) is 4.74 Å². The van der Waals surface area contributed by atoms with Crippen LogP contribution in [-0.2, 0) is 9.53 Å². The Hall–Kier alpha value is -0.320. The Labute approximate surface area is 122 Å². The summed E-state index contributed by atoms with van der Waals surface area (Å²) in [5, 5.41) is 6.51. The first-order valence-electron chi connectivity index (χ1n) is 7.42. The monoisotopic (exact) mass is 290 g/mol. The van der Waals surface area contributed by atoms with Crippen molar-refractivity contribution in [3.63, 3.8) is 0 Å². The maximum atomic E-state index is 12.0. The molecule has 2 fully saturated rings. The summed E-state index contributed by atoms with van der Waals surface area (Å²) in [4.78, 5) is 12.0. The van der Waals surface area contributed by atoms with E-state index in [0.717, 1.165) is 38.5 Å². The Morgan fingerprint density at radius 1 is 1.37 bits per heavy atom. The Morgan fingerprint density at radius 3 is 2.89 bits per heavy atom. The molecule has 112 valence electrons. The van der Waals surface area contributed by atoms with Crippen molar-refractivity contribution in [1.29, 1.82) is 0 Å². The van der Waals surface area contributed by atoms with Gasteiger partial charge in [0.05, 0.1) is 6.04 Å². The molecule has 1 aliphatic heterocycles. The molecular formula is C14H27ClN2O2. The van der Waals surface area contributed by atoms with E-state index in [0.29, 0.717) is 6.04 Å². The summed E-state index contributed by atoms with van der Waals surface area (Å²) >= 11 is 0. The van der Waals surface area contributed by atoms with Gasteiger partial charge in [-0.2, -0.15) is 0 Å². The van der Waals surface area contributed by atoms with Crippen LogP contribution in [0.1, 0.15) is 45.4 Å². The summed E-state index contributed by atoms with van der Waals surface area (Å²) in [6, 6.07) is 0.642. The summed E-state index contributed by atoms with van der Waals surface area (Å²) in [5.74, 6) is 0.916. The van der Waals surface area contributed by atoms with E-state index < -0.39 is 0 Å². The lowest BCUT2D eigenvalue weighted by Gasteiger charge is -2.24. The van der Waals surface area contributed by atoms with Crippen LogP contribution in [0.3, 0.4) is 0 Å². The minimum Gasteiger partial charge on any atom is -0.382 e. The number of hydrogen-bond acceptors (Lipinski definition) is 3. The third-order valence-corrected chi connectivity index (χ3v) is 4.15. The SMILES string of the molecule is CCOCCCNC(=O)C1CC2CCCCC2N1.Cl. The Bertz CT molecular complexity index is 262. The predicted molar refractivity (Wildman–Crippen MR) is 78.7 cm³/mol. The van der Waals surface area contributed by atoms with E-state index in [9.17, 15) is 4.79 Å². The van der Waals surface area contributed by atoms with Crippen LogP contribution in [0.4, 0.5) is 0 Å². The zero-order valence-corrected chi connectivity index (χ0v) is 12.6. The second-order valence-electron chi connectivity index (χ2n) is 5.45. The maximum absolute atomic E-state index is 12.0. The van der Waals surface area contributed by atoms with Crippen molar-refractivity contribution < 1.29 is 9.53 Å². The lowest BCUT2D eigenvalue weighted by molar-refractivity contribution is -0.122. The van der Waals surface area contributed by atoms with E-state index in [1.165, 1.54) is 25.7 Å². The van der Waals surface area contributed by atoms with Crippen molar-refractivity contribution in [2.45, 2.75) is 57.5 Å². The average Bonchev–Trinajstić information content (AvgIpc) is 2.82. The van der Waals surface area contributed by atoms with Crippen molar-refractivity contribution in [2.75, 3.05) is 19.8 Å². The van der Waals surface area contributed by atoms with Gasteiger partial charge in [0.2, 0.25) is 5.91 Å². The van der Waals surface area contributed by atoms with Gasteiger partial charge in [-0.3, -0.25) is 4.79 Å². The molecule has 5 heteroatoms. The fourth-order valence-corrected chi connectivity index (χ4v) is 3.17. The number of carbonyl (C=O) groups excluding carboxylic acids is 1. The van der Waals surface area contributed by atoms with Gasteiger partial charge in [-0.1, -0.05) is 12.8 Å². The van der Waals surface area contributed by atoms with Gasteiger partial charge in [0.1, 0.15) is 0 Å². The highest BCUT2D eigenvalue weighted by atomic mass is 35.5. The molecular weight excluding hydrogens is 264 g/mol. The topological polar surface area (TPSA) is 50.4 Å². The number of halogens is 1. The summed E-state index contributed by atoms with van der Waals surface area (Å²) in [7, 11) is 0. The molecule has 1 amide bonds. The summed E-state index contributed by atoms with van der Waals surface area (Å²) < 4.78 is 5.25. The molecule has 3 unspecified atom stereocenters. The molecule has 1 heterocycles. The number of rotatable bonds is 6. The lowest BCUT2D eigenvalue weighted by atomic mass is 9.85. The van der Waals surface area contributed by atoms with Gasteiger partial charge >= 0.3 is 0 Å². The molecule has 0 aromatic rings. The molecule has 0 radical (unpaired) electrons. The molecule has 2 rings (SSSR count). The minimum atomic E-state index is 0. The highest BCUT2D eigenvalue weighted by Crippen LogP contribution is 2.33. The fourth-order valence-electron chi connectivity index (χ4n) is 3.17. The summed E-state index contributed by atoms with van der Waals surface area (Å²) in [5.41, 5.74) is 0. The van der Waals surface area contributed by atoms with Crippen LogP contribution in [0.15, 0.2) is 0 Å². The number of fused-ring (bicyclic) bond motifs is 1. The molecule has 2 aliphatic rings. The standard InChI is InChI=1S/C14H26N2O2.ClH/c1-2-18-9-5-8-15-14(17)13-10-11-6-3-4-7-12(11)16-13;/h11-13,16H,2-10H2,1H3,(H,15,17);1H. The highest BCUT2D eigenvalue weighted by Gasteiger charge is 2.37. The average molecular weight is 291 g/mol. The highest BCUT2D eigenvalue weighted by molar-refractivity contribution is 5.85. The Kier molecular flexibility index (Phi) is 7.73. The minimum absolute atomic E-state index is 0. The maximum Gasteiger partial charge on any atom is 0.237 e. The number of nitrogens with one attached hydrogen (secondary N) is 2. The van der Waals surface area contributed by atoms with E-state index in [1.807, 2.05) is 6.92 Å². The normalized spacial score (nSPS) is 29.4. The Balaban J connectivity index is 0.00000180. The Morgan fingerprint density at radius 2 is 2.16 bits per heavy atom. The smallest absolute Gasteiger partial charge is 0.237 e. The van der Waals surface area contributed by atoms with Crippen LogP contribution in [0.5, 0.6) is 0 Å². The van der Waals surface area contributed by atoms with E-state index in [-0.39, 0.29) is 24.4 Å². The zero-order valence-electron chi connectivity index (χ0n) is 11.8. The van der Waals surface area contributed by atoms with E-state index in [1.54, 1.807) is 0 Å². The van der Waals surface area contributed by atoms with Crippen molar-refractivity contribution in [1.82, 2.24) is 10.6 Å². The van der Waals surface area contributed by atoms with Crippen molar-refractivity contribution in [3.8, 4) is 0 Å². The molecule has 1 aliphatic carbocycles. The van der Waals surface area contributed by atoms with Gasteiger partial charge in [-0.05, 0) is 38.5 Å². The first kappa shape index (κ1) is 16.7. The molecule has 1 saturated carbocycles. The van der Waals surface area contributed by atoms with Crippen LogP contribution in [0.25, 0.3) is 0 Å². The van der Waals surface area contributed by atoms with Crippen LogP contribution in [-0.4, -0.2) is 37.7 Å². The number of amides is 1. The molecule has 3 atom stereocenters. The third kappa shape index (κ3) is 4.93. The fraction of sp³-hybridized carbons (Fsp3) is 0.929. The molecule has 0 bridgehead atoms. The van der Waals surface area contributed by atoms with Crippen LogP contribution < -0.4 is 10.6 Å². The second kappa shape index (κ2) is 8.77. The van der Waals surface area contributed by atoms with Crippen molar-refractivity contribution in [3.05, 3.63) is 0 Å². The molecule has 2 N–H and O–H groups in total. The lowest BCUT2D eigenvalue weighted by Crippen LogP contribution is -2.43. The van der Waals surface area contributed by atoms with Gasteiger partial charge in [0.25, 0.3) is 0 Å². The first-order valence-corrected chi connectivity index (χ1v) is 7.42. The third-order valence-electron chi connectivity index (χ3n) is 4.15. The van der Waals surface area contributed by atoms with Gasteiger partial charge in [0, 0.05) is 25.8 Å². The zero-order chi connectivity index (χ0) is 12.8. The van der Waals surface area contributed by atoms with Gasteiger partial charge in [0.15, 0.2) is 0 Å². The quantitative estimate of drug-likeness (QED) is 0.734. The van der Waals surface area contributed by atoms with Crippen molar-refractivity contribution >= 4 is 18.3 Å². The van der Waals surface area contributed by atoms with Crippen LogP contribution in [0, 0.1) is 5.92 Å². The molecule has 19 heavy (non-hydrogen) atoms. The van der Waals surface area contributed by atoms with Gasteiger partial charge < -0.3 is 15.4 Å². The van der Waals surface area contributed by atoms with Crippen LogP contribution >= 0.6 is 12.4 Å². The summed E-state index contributed by atoms with van der Waals surface area (Å²) in [6.45, 7) is 4.21. The van der Waals surface area contributed by atoms with Crippen LogP contribution in [0.2, 0.25) is 0 Å². The molecule has 1 saturated heterocycles. The second-order valence-corrected chi connectivity index (χ2v) is 5.45. The number of ether oxygens (including phenoxy) is 1.